The number of aryl methyl sites for hydroxylation is 2. The summed E-state index contributed by atoms with van der Waals surface area (Å²) in [5.74, 6) is -0.513. The Labute approximate surface area is 215 Å². The van der Waals surface area contributed by atoms with Gasteiger partial charge in [0.05, 0.1) is 28.4 Å². The Morgan fingerprint density at radius 3 is 2.38 bits per heavy atom. The lowest BCUT2D eigenvalue weighted by Gasteiger charge is -2.13. The van der Waals surface area contributed by atoms with Gasteiger partial charge < -0.3 is 4.74 Å². The molecule has 0 saturated carbocycles. The summed E-state index contributed by atoms with van der Waals surface area (Å²) in [4.78, 5) is 31.6. The molecular formula is C25H21N5O5S2. The van der Waals surface area contributed by atoms with Crippen LogP contribution in [0, 0.1) is 13.8 Å². The molecule has 0 unspecified atom stereocenters. The summed E-state index contributed by atoms with van der Waals surface area (Å²) >= 11 is 1.15. The Bertz CT molecular complexity index is 1860. The van der Waals surface area contributed by atoms with Crippen LogP contribution < -0.4 is 10.7 Å². The number of sulfonamides is 1. The van der Waals surface area contributed by atoms with Gasteiger partial charge in [0.2, 0.25) is 10.0 Å². The number of carbonyl (C=O) groups excluding carboxylic acids is 1. The van der Waals surface area contributed by atoms with Crippen molar-refractivity contribution in [3.63, 3.8) is 0 Å². The van der Waals surface area contributed by atoms with E-state index in [0.29, 0.717) is 42.9 Å². The molecule has 37 heavy (non-hydrogen) atoms. The number of nitrogens with two attached hydrogens (primary N) is 1. The van der Waals surface area contributed by atoms with E-state index in [9.17, 15) is 18.0 Å². The summed E-state index contributed by atoms with van der Waals surface area (Å²) in [6.45, 7) is 5.62. The Balaban J connectivity index is 1.80. The number of pyridine rings is 1. The van der Waals surface area contributed by atoms with Gasteiger partial charge in [-0.25, -0.2) is 23.3 Å². The van der Waals surface area contributed by atoms with Crippen molar-refractivity contribution in [2.24, 2.45) is 5.14 Å². The normalized spacial score (nSPS) is 11.8. The van der Waals surface area contributed by atoms with Crippen molar-refractivity contribution in [3.05, 3.63) is 75.7 Å². The number of rotatable bonds is 5. The number of hydrogen-bond acceptors (Lipinski definition) is 9. The van der Waals surface area contributed by atoms with Crippen molar-refractivity contribution < 1.29 is 17.9 Å². The second kappa shape index (κ2) is 9.14. The minimum Gasteiger partial charge on any atom is -0.462 e. The molecule has 3 heterocycles. The molecule has 5 rings (SSSR count). The molecule has 0 bridgehead atoms. The Morgan fingerprint density at radius 1 is 1.08 bits per heavy atom. The molecular weight excluding hydrogens is 514 g/mol. The summed E-state index contributed by atoms with van der Waals surface area (Å²) in [6.07, 6.45) is 0. The SMILES string of the molecule is CCOC(=O)c1c(C)nc2sc3c(=O)n(-c4ccc(S(N)(=O)=O)cc4)nnc3c2c1-c1ccc(C)cc1. The Hall–Kier alpha value is -4.00. The second-order valence-electron chi connectivity index (χ2n) is 8.34. The van der Waals surface area contributed by atoms with Crippen LogP contribution in [0.3, 0.4) is 0 Å². The van der Waals surface area contributed by atoms with E-state index in [4.69, 9.17) is 9.88 Å². The van der Waals surface area contributed by atoms with Crippen molar-refractivity contribution in [1.29, 1.82) is 0 Å². The Morgan fingerprint density at radius 2 is 1.76 bits per heavy atom. The maximum atomic E-state index is 13.5. The standard InChI is InChI=1S/C25H21N5O5S2/c1-4-35-25(32)18-14(3)27-23-20(19(18)15-7-5-13(2)6-8-15)21-22(36-23)24(31)30(29-28-21)16-9-11-17(12-10-16)37(26,33)34/h5-12H,4H2,1-3H3,(H2,26,33,34). The number of ether oxygens (including phenoxy) is 1. The minimum absolute atomic E-state index is 0.0888. The zero-order valence-electron chi connectivity index (χ0n) is 20.0. The number of carbonyl (C=O) groups is 1. The van der Waals surface area contributed by atoms with Crippen molar-refractivity contribution >= 4 is 47.8 Å². The van der Waals surface area contributed by atoms with E-state index in [2.05, 4.69) is 15.3 Å². The van der Waals surface area contributed by atoms with Crippen molar-refractivity contribution in [3.8, 4) is 16.8 Å². The van der Waals surface area contributed by atoms with Gasteiger partial charge in [0.25, 0.3) is 5.56 Å². The molecule has 2 N–H and O–H groups in total. The number of aromatic nitrogens is 4. The molecule has 0 aliphatic rings. The zero-order valence-corrected chi connectivity index (χ0v) is 21.7. The van der Waals surface area contributed by atoms with E-state index in [1.54, 1.807) is 13.8 Å². The first-order chi connectivity index (χ1) is 17.6. The average molecular weight is 536 g/mol. The smallest absolute Gasteiger partial charge is 0.340 e. The predicted octanol–water partition coefficient (Wildman–Crippen LogP) is 3.50. The van der Waals surface area contributed by atoms with E-state index >= 15 is 0 Å². The summed E-state index contributed by atoms with van der Waals surface area (Å²) in [7, 11) is -3.88. The van der Waals surface area contributed by atoms with Gasteiger partial charge in [-0.1, -0.05) is 35.0 Å². The van der Waals surface area contributed by atoms with E-state index < -0.39 is 21.6 Å². The van der Waals surface area contributed by atoms with Gasteiger partial charge in [0.15, 0.2) is 0 Å². The molecule has 2 aromatic carbocycles. The van der Waals surface area contributed by atoms with Gasteiger partial charge in [0, 0.05) is 10.9 Å². The number of fused-ring (bicyclic) bond motifs is 3. The van der Waals surface area contributed by atoms with Gasteiger partial charge in [0.1, 0.15) is 15.0 Å². The molecule has 0 atom stereocenters. The molecule has 0 aliphatic carbocycles. The van der Waals surface area contributed by atoms with Crippen LogP contribution in [0.25, 0.3) is 37.2 Å². The first kappa shape index (κ1) is 24.7. The number of hydrogen-bond donors (Lipinski definition) is 1. The molecule has 0 fully saturated rings. The fraction of sp³-hybridized carbons (Fsp3) is 0.160. The monoisotopic (exact) mass is 535 g/mol. The number of nitrogens with zero attached hydrogens (tertiary/aromatic N) is 4. The highest BCUT2D eigenvalue weighted by molar-refractivity contribution is 7.89. The molecule has 0 spiro atoms. The lowest BCUT2D eigenvalue weighted by Crippen LogP contribution is -2.22. The van der Waals surface area contributed by atoms with Gasteiger partial charge in [-0.15, -0.1) is 16.4 Å². The van der Waals surface area contributed by atoms with Crippen LogP contribution in [0.2, 0.25) is 0 Å². The molecule has 12 heteroatoms. The Kier molecular flexibility index (Phi) is 6.10. The average Bonchev–Trinajstić information content (AvgIpc) is 3.22. The van der Waals surface area contributed by atoms with Crippen LogP contribution in [0.5, 0.6) is 0 Å². The summed E-state index contributed by atoms with van der Waals surface area (Å²) < 4.78 is 29.9. The fourth-order valence-corrected chi connectivity index (χ4v) is 5.71. The maximum absolute atomic E-state index is 13.5. The maximum Gasteiger partial charge on any atom is 0.340 e. The van der Waals surface area contributed by atoms with Crippen LogP contribution in [-0.2, 0) is 14.8 Å². The number of benzene rings is 2. The van der Waals surface area contributed by atoms with Gasteiger partial charge in [-0.3, -0.25) is 4.79 Å². The van der Waals surface area contributed by atoms with E-state index in [1.165, 1.54) is 24.3 Å². The highest BCUT2D eigenvalue weighted by atomic mass is 32.2. The molecule has 188 valence electrons. The van der Waals surface area contributed by atoms with Crippen molar-refractivity contribution in [2.45, 2.75) is 25.7 Å². The molecule has 0 aliphatic heterocycles. The predicted molar refractivity (Wildman–Crippen MR) is 141 cm³/mol. The van der Waals surface area contributed by atoms with Gasteiger partial charge in [-0.2, -0.15) is 4.68 Å². The third-order valence-electron chi connectivity index (χ3n) is 5.85. The zero-order chi connectivity index (χ0) is 26.5. The second-order valence-corrected chi connectivity index (χ2v) is 10.9. The first-order valence-electron chi connectivity index (χ1n) is 11.2. The highest BCUT2D eigenvalue weighted by Crippen LogP contribution is 2.40. The van der Waals surface area contributed by atoms with Gasteiger partial charge in [-0.05, 0) is 50.6 Å². The van der Waals surface area contributed by atoms with E-state index in [0.717, 1.165) is 27.1 Å². The van der Waals surface area contributed by atoms with Crippen LogP contribution in [0.4, 0.5) is 0 Å². The van der Waals surface area contributed by atoms with Crippen LogP contribution in [-0.4, -0.2) is 41.0 Å². The third-order valence-corrected chi connectivity index (χ3v) is 7.84. The number of primary sulfonamides is 1. The lowest BCUT2D eigenvalue weighted by molar-refractivity contribution is 0.0526. The van der Waals surface area contributed by atoms with Crippen LogP contribution >= 0.6 is 11.3 Å². The molecule has 0 saturated heterocycles. The van der Waals surface area contributed by atoms with E-state index in [1.807, 2.05) is 31.2 Å². The molecule has 3 aromatic heterocycles. The molecule has 0 amide bonds. The van der Waals surface area contributed by atoms with E-state index in [-0.39, 0.29) is 11.5 Å². The topological polar surface area (TPSA) is 147 Å². The number of esters is 1. The minimum atomic E-state index is -3.88. The van der Waals surface area contributed by atoms with Gasteiger partial charge >= 0.3 is 5.97 Å². The molecule has 10 nitrogen and oxygen atoms in total. The van der Waals surface area contributed by atoms with Crippen molar-refractivity contribution in [1.82, 2.24) is 20.0 Å². The highest BCUT2D eigenvalue weighted by Gasteiger charge is 2.26. The summed E-state index contributed by atoms with van der Waals surface area (Å²) in [5, 5.41) is 14.2. The summed E-state index contributed by atoms with van der Waals surface area (Å²) in [6, 6.07) is 13.1. The van der Waals surface area contributed by atoms with Crippen LogP contribution in [0.15, 0.2) is 58.2 Å². The number of thiophene rings is 1. The quantitative estimate of drug-likeness (QED) is 0.336. The molecule has 5 aromatic rings. The third kappa shape index (κ3) is 4.28. The fourth-order valence-electron chi connectivity index (χ4n) is 4.10. The first-order valence-corrected chi connectivity index (χ1v) is 13.6. The molecule has 0 radical (unpaired) electrons. The van der Waals surface area contributed by atoms with Crippen molar-refractivity contribution in [2.75, 3.05) is 6.61 Å². The largest absolute Gasteiger partial charge is 0.462 e. The lowest BCUT2D eigenvalue weighted by atomic mass is 9.95. The van der Waals surface area contributed by atoms with Crippen LogP contribution in [0.1, 0.15) is 28.5 Å². The summed E-state index contributed by atoms with van der Waals surface area (Å²) in [5.41, 5.74) is 3.35.